The maximum Gasteiger partial charge on any atom is 0.0670 e. The van der Waals surface area contributed by atoms with E-state index in [1.165, 1.54) is 21.5 Å². The van der Waals surface area contributed by atoms with E-state index in [0.717, 1.165) is 10.8 Å². The van der Waals surface area contributed by atoms with Crippen LogP contribution in [-0.4, -0.2) is 0 Å². The van der Waals surface area contributed by atoms with Gasteiger partial charge in [0.1, 0.15) is 0 Å². The Morgan fingerprint density at radius 1 is 0.500 bits per heavy atom. The Bertz CT molecular complexity index is 971. The predicted molar refractivity (Wildman–Crippen MR) is 89.0 cm³/mol. The van der Waals surface area contributed by atoms with Crippen LogP contribution in [0.15, 0.2) is 60.7 Å². The third kappa shape index (κ3) is 1.62. The first-order valence-corrected chi connectivity index (χ1v) is 7.19. The van der Waals surface area contributed by atoms with Crippen LogP contribution in [-0.2, 0) is 0 Å². The highest BCUT2D eigenvalue weighted by molar-refractivity contribution is 6.46. The van der Waals surface area contributed by atoms with Gasteiger partial charge in [-0.2, -0.15) is 0 Å². The Balaban J connectivity index is 2.26. The maximum absolute atomic E-state index is 6.31. The van der Waals surface area contributed by atoms with Gasteiger partial charge in [-0.1, -0.05) is 77.8 Å². The molecule has 0 radical (unpaired) electrons. The van der Waals surface area contributed by atoms with Gasteiger partial charge in [-0.05, 0) is 33.0 Å². The number of hydrogen-bond acceptors (Lipinski definition) is 0. The molecule has 0 bridgehead atoms. The largest absolute Gasteiger partial charge is 0.0827 e. The zero-order valence-electron chi connectivity index (χ0n) is 10.5. The van der Waals surface area contributed by atoms with Gasteiger partial charge >= 0.3 is 0 Å². The van der Waals surface area contributed by atoms with Crippen molar-refractivity contribution in [3.05, 3.63) is 70.7 Å². The average molecular weight is 297 g/mol. The van der Waals surface area contributed by atoms with Crippen LogP contribution in [0.5, 0.6) is 0 Å². The second-order valence-electron chi connectivity index (χ2n) is 4.90. The van der Waals surface area contributed by atoms with Crippen LogP contribution in [0.2, 0.25) is 10.0 Å². The normalized spacial score (nSPS) is 11.5. The molecular formula is C18H10Cl2. The van der Waals surface area contributed by atoms with Gasteiger partial charge in [0.25, 0.3) is 0 Å². The second kappa shape index (κ2) is 4.37. The molecule has 0 aliphatic carbocycles. The summed E-state index contributed by atoms with van der Waals surface area (Å²) in [7, 11) is 0. The number of rotatable bonds is 0. The van der Waals surface area contributed by atoms with Crippen LogP contribution in [0.1, 0.15) is 0 Å². The zero-order chi connectivity index (χ0) is 13.7. The van der Waals surface area contributed by atoms with Gasteiger partial charge in [-0.15, -0.1) is 0 Å². The van der Waals surface area contributed by atoms with Crippen molar-refractivity contribution in [2.24, 2.45) is 0 Å². The van der Waals surface area contributed by atoms with Crippen molar-refractivity contribution < 1.29 is 0 Å². The smallest absolute Gasteiger partial charge is 0.0670 e. The van der Waals surface area contributed by atoms with Gasteiger partial charge < -0.3 is 0 Å². The van der Waals surface area contributed by atoms with Crippen molar-refractivity contribution in [1.29, 1.82) is 0 Å². The lowest BCUT2D eigenvalue weighted by Gasteiger charge is -2.09. The van der Waals surface area contributed by atoms with E-state index in [2.05, 4.69) is 48.5 Å². The highest BCUT2D eigenvalue weighted by atomic mass is 35.5. The quantitative estimate of drug-likeness (QED) is 0.327. The fourth-order valence-corrected chi connectivity index (χ4v) is 3.23. The Hall–Kier alpha value is -1.76. The fourth-order valence-electron chi connectivity index (χ4n) is 2.84. The minimum atomic E-state index is 0.597. The summed E-state index contributed by atoms with van der Waals surface area (Å²) in [4.78, 5) is 0. The lowest BCUT2D eigenvalue weighted by atomic mass is 9.97. The van der Waals surface area contributed by atoms with Crippen molar-refractivity contribution in [3.8, 4) is 0 Å². The Labute approximate surface area is 126 Å². The lowest BCUT2D eigenvalue weighted by molar-refractivity contribution is 1.77. The molecule has 0 saturated carbocycles. The molecule has 4 aromatic carbocycles. The molecule has 0 aliphatic heterocycles. The summed E-state index contributed by atoms with van der Waals surface area (Å²) in [6.45, 7) is 0. The molecule has 0 saturated heterocycles. The van der Waals surface area contributed by atoms with Gasteiger partial charge in [-0.25, -0.2) is 0 Å². The summed E-state index contributed by atoms with van der Waals surface area (Å²) < 4.78 is 0. The molecule has 0 atom stereocenters. The number of benzene rings is 4. The third-order valence-electron chi connectivity index (χ3n) is 3.81. The van der Waals surface area contributed by atoms with Gasteiger partial charge in [0.2, 0.25) is 0 Å². The lowest BCUT2D eigenvalue weighted by Crippen LogP contribution is -1.82. The molecule has 2 heteroatoms. The number of hydrogen-bond donors (Lipinski definition) is 0. The predicted octanol–water partition coefficient (Wildman–Crippen LogP) is 6.45. The third-order valence-corrected chi connectivity index (χ3v) is 4.63. The minimum absolute atomic E-state index is 0.597. The van der Waals surface area contributed by atoms with Gasteiger partial charge in [0, 0.05) is 5.39 Å². The average Bonchev–Trinajstić information content (AvgIpc) is 2.50. The van der Waals surface area contributed by atoms with Crippen molar-refractivity contribution in [2.75, 3.05) is 0 Å². The summed E-state index contributed by atoms with van der Waals surface area (Å²) in [5.74, 6) is 0. The SMILES string of the molecule is Clc1ccc2c(ccc3c4ccccc4ccc23)c1Cl. The first-order valence-electron chi connectivity index (χ1n) is 6.44. The zero-order valence-corrected chi connectivity index (χ0v) is 12.0. The topological polar surface area (TPSA) is 0 Å². The first-order chi connectivity index (χ1) is 9.75. The Morgan fingerprint density at radius 3 is 2.00 bits per heavy atom. The molecule has 0 N–H and O–H groups in total. The summed E-state index contributed by atoms with van der Waals surface area (Å²) >= 11 is 12.4. The monoisotopic (exact) mass is 296 g/mol. The molecular weight excluding hydrogens is 287 g/mol. The Kier molecular flexibility index (Phi) is 2.63. The molecule has 96 valence electrons. The highest BCUT2D eigenvalue weighted by Gasteiger charge is 2.08. The van der Waals surface area contributed by atoms with Crippen molar-refractivity contribution in [1.82, 2.24) is 0 Å². The number of fused-ring (bicyclic) bond motifs is 5. The van der Waals surface area contributed by atoms with E-state index >= 15 is 0 Å². The summed E-state index contributed by atoms with van der Waals surface area (Å²) in [6.07, 6.45) is 0. The minimum Gasteiger partial charge on any atom is -0.0827 e. The van der Waals surface area contributed by atoms with E-state index in [4.69, 9.17) is 23.2 Å². The Morgan fingerprint density at radius 2 is 1.10 bits per heavy atom. The number of halogens is 2. The molecule has 0 amide bonds. The molecule has 0 aliphatic rings. The van der Waals surface area contributed by atoms with Gasteiger partial charge in [0.15, 0.2) is 0 Å². The molecule has 0 aromatic heterocycles. The van der Waals surface area contributed by atoms with Crippen LogP contribution in [0.3, 0.4) is 0 Å². The molecule has 0 heterocycles. The fraction of sp³-hybridized carbons (Fsp3) is 0. The van der Waals surface area contributed by atoms with E-state index in [1.54, 1.807) is 0 Å². The van der Waals surface area contributed by atoms with Crippen LogP contribution in [0.4, 0.5) is 0 Å². The van der Waals surface area contributed by atoms with Crippen molar-refractivity contribution >= 4 is 55.5 Å². The molecule has 0 nitrogen and oxygen atoms in total. The van der Waals surface area contributed by atoms with E-state index in [1.807, 2.05) is 12.1 Å². The molecule has 4 aromatic rings. The standard InChI is InChI=1S/C18H10Cl2/c19-17-10-9-15-14-6-5-11-3-1-2-4-12(11)13(14)7-8-16(15)18(17)20/h1-10H. The summed E-state index contributed by atoms with van der Waals surface area (Å²) in [5.41, 5.74) is 0. The van der Waals surface area contributed by atoms with Crippen LogP contribution >= 0.6 is 23.2 Å². The molecule has 0 fully saturated rings. The second-order valence-corrected chi connectivity index (χ2v) is 5.69. The molecule has 4 rings (SSSR count). The first kappa shape index (κ1) is 12.0. The van der Waals surface area contributed by atoms with Crippen LogP contribution in [0, 0.1) is 0 Å². The van der Waals surface area contributed by atoms with Crippen molar-refractivity contribution in [2.45, 2.75) is 0 Å². The van der Waals surface area contributed by atoms with E-state index < -0.39 is 0 Å². The van der Waals surface area contributed by atoms with Crippen molar-refractivity contribution in [3.63, 3.8) is 0 Å². The van der Waals surface area contributed by atoms with E-state index in [0.29, 0.717) is 10.0 Å². The highest BCUT2D eigenvalue weighted by Crippen LogP contribution is 2.36. The van der Waals surface area contributed by atoms with Gasteiger partial charge in [0.05, 0.1) is 10.0 Å². The van der Waals surface area contributed by atoms with Gasteiger partial charge in [-0.3, -0.25) is 0 Å². The molecule has 0 spiro atoms. The van der Waals surface area contributed by atoms with E-state index in [9.17, 15) is 0 Å². The maximum atomic E-state index is 6.31. The van der Waals surface area contributed by atoms with Crippen LogP contribution < -0.4 is 0 Å². The summed E-state index contributed by atoms with van der Waals surface area (Å²) in [5, 5.41) is 8.33. The van der Waals surface area contributed by atoms with Crippen LogP contribution in [0.25, 0.3) is 32.3 Å². The van der Waals surface area contributed by atoms with E-state index in [-0.39, 0.29) is 0 Å². The summed E-state index contributed by atoms with van der Waals surface area (Å²) in [6, 6.07) is 20.8. The molecule has 20 heavy (non-hydrogen) atoms. The molecule has 0 unspecified atom stereocenters.